The van der Waals surface area contributed by atoms with Crippen LogP contribution >= 0.6 is 0 Å². The Morgan fingerprint density at radius 2 is 1.72 bits per heavy atom. The summed E-state index contributed by atoms with van der Waals surface area (Å²) in [6.45, 7) is 0.683. The number of anilines is 1. The van der Waals surface area contributed by atoms with E-state index in [9.17, 15) is 24.6 Å². The van der Waals surface area contributed by atoms with Crippen LogP contribution < -0.4 is 5.32 Å². The predicted molar refractivity (Wildman–Crippen MR) is 119 cm³/mol. The van der Waals surface area contributed by atoms with Crippen molar-refractivity contribution in [2.45, 2.75) is 32.1 Å². The molecule has 0 saturated heterocycles. The van der Waals surface area contributed by atoms with Gasteiger partial charge in [0.1, 0.15) is 0 Å². The fraction of sp³-hybridized carbons (Fsp3) is 0.458. The number of aliphatic carboxylic acids is 1. The Balaban J connectivity index is 1.83. The van der Waals surface area contributed by atoms with Crippen molar-refractivity contribution in [3.05, 3.63) is 42.0 Å². The summed E-state index contributed by atoms with van der Waals surface area (Å²) in [7, 11) is 1.54. The minimum atomic E-state index is -1.04. The van der Waals surface area contributed by atoms with Crippen molar-refractivity contribution in [1.29, 1.82) is 0 Å². The van der Waals surface area contributed by atoms with Gasteiger partial charge in [0, 0.05) is 18.2 Å². The van der Waals surface area contributed by atoms with Crippen LogP contribution in [0, 0.1) is 11.3 Å². The first-order valence-corrected chi connectivity index (χ1v) is 10.7. The van der Waals surface area contributed by atoms with E-state index in [4.69, 9.17) is 9.47 Å². The number of fused-ring (bicyclic) bond motifs is 1. The first-order valence-electron chi connectivity index (χ1n) is 10.7. The monoisotopic (exact) mass is 443 g/mol. The standard InChI is InChI=1S/C24H29NO7/c1-31-12-13-32-15-16(21(26)27)14-24(10-4-5-11-24)23(30)25-20-9-8-19(22(28)29)17-6-2-3-7-18(17)20/h2-3,6-9,16H,4-5,10-15H2,1H3,(H,25,30)(H,26,27)(H,28,29). The number of benzene rings is 2. The number of carbonyl (C=O) groups is 3. The van der Waals surface area contributed by atoms with Crippen molar-refractivity contribution in [2.24, 2.45) is 11.3 Å². The van der Waals surface area contributed by atoms with Crippen LogP contribution in [0.4, 0.5) is 5.69 Å². The molecule has 32 heavy (non-hydrogen) atoms. The molecule has 8 nitrogen and oxygen atoms in total. The van der Waals surface area contributed by atoms with Crippen LogP contribution in [0.15, 0.2) is 36.4 Å². The number of methoxy groups -OCH3 is 1. The third kappa shape index (κ3) is 5.26. The molecule has 0 aromatic heterocycles. The lowest BCUT2D eigenvalue weighted by atomic mass is 9.76. The summed E-state index contributed by atoms with van der Waals surface area (Å²) >= 11 is 0. The maximum Gasteiger partial charge on any atom is 0.336 e. The number of ether oxygens (including phenoxy) is 2. The van der Waals surface area contributed by atoms with Crippen molar-refractivity contribution in [3.8, 4) is 0 Å². The molecule has 8 heteroatoms. The Hall–Kier alpha value is -2.97. The first-order chi connectivity index (χ1) is 15.4. The zero-order valence-electron chi connectivity index (χ0n) is 18.1. The van der Waals surface area contributed by atoms with Crippen LogP contribution in [0.5, 0.6) is 0 Å². The van der Waals surface area contributed by atoms with Gasteiger partial charge in [0.15, 0.2) is 0 Å². The maximum absolute atomic E-state index is 13.5. The van der Waals surface area contributed by atoms with Gasteiger partial charge in [0.05, 0.1) is 36.7 Å². The highest BCUT2D eigenvalue weighted by Crippen LogP contribution is 2.44. The van der Waals surface area contributed by atoms with Crippen LogP contribution in [0.3, 0.4) is 0 Å². The minimum Gasteiger partial charge on any atom is -0.481 e. The van der Waals surface area contributed by atoms with E-state index in [1.807, 2.05) is 0 Å². The average Bonchev–Trinajstić information content (AvgIpc) is 3.25. The van der Waals surface area contributed by atoms with E-state index in [0.717, 1.165) is 12.8 Å². The number of hydrogen-bond donors (Lipinski definition) is 3. The van der Waals surface area contributed by atoms with E-state index < -0.39 is 23.3 Å². The fourth-order valence-corrected chi connectivity index (χ4v) is 4.48. The first kappa shape index (κ1) is 23.7. The van der Waals surface area contributed by atoms with E-state index in [0.29, 0.717) is 42.5 Å². The molecule has 2 aromatic rings. The van der Waals surface area contributed by atoms with Crippen molar-refractivity contribution in [2.75, 3.05) is 32.2 Å². The quantitative estimate of drug-likeness (QED) is 0.452. The summed E-state index contributed by atoms with van der Waals surface area (Å²) in [6.07, 6.45) is 3.09. The normalized spacial score (nSPS) is 16.0. The van der Waals surface area contributed by atoms with Gasteiger partial charge in [-0.1, -0.05) is 37.1 Å². The zero-order valence-corrected chi connectivity index (χ0v) is 18.1. The summed E-state index contributed by atoms with van der Waals surface area (Å²) < 4.78 is 10.4. The summed E-state index contributed by atoms with van der Waals surface area (Å²) in [6, 6.07) is 10.1. The number of nitrogens with one attached hydrogen (secondary N) is 1. The summed E-state index contributed by atoms with van der Waals surface area (Å²) in [5, 5.41) is 23.3. The molecule has 0 spiro atoms. The van der Waals surface area contributed by atoms with Gasteiger partial charge >= 0.3 is 11.9 Å². The molecule has 1 saturated carbocycles. The van der Waals surface area contributed by atoms with Gasteiger partial charge in [0.2, 0.25) is 5.91 Å². The maximum atomic E-state index is 13.5. The molecule has 0 bridgehead atoms. The van der Waals surface area contributed by atoms with Crippen molar-refractivity contribution in [1.82, 2.24) is 0 Å². The topological polar surface area (TPSA) is 122 Å². The molecule has 172 valence electrons. The third-order valence-corrected chi connectivity index (χ3v) is 6.18. The molecular weight excluding hydrogens is 414 g/mol. The molecular formula is C24H29NO7. The van der Waals surface area contributed by atoms with E-state index >= 15 is 0 Å². The summed E-state index contributed by atoms with van der Waals surface area (Å²) in [4.78, 5) is 36.9. The number of amides is 1. The van der Waals surface area contributed by atoms with Gasteiger partial charge < -0.3 is 25.0 Å². The highest BCUT2D eigenvalue weighted by atomic mass is 16.5. The molecule has 3 rings (SSSR count). The molecule has 0 radical (unpaired) electrons. The lowest BCUT2D eigenvalue weighted by molar-refractivity contribution is -0.146. The Morgan fingerprint density at radius 1 is 1.03 bits per heavy atom. The molecule has 1 aliphatic carbocycles. The van der Waals surface area contributed by atoms with E-state index in [1.54, 1.807) is 37.4 Å². The Labute approximate surface area is 186 Å². The van der Waals surface area contributed by atoms with Crippen molar-refractivity contribution < 1.29 is 34.1 Å². The highest BCUT2D eigenvalue weighted by molar-refractivity contribution is 6.10. The molecule has 3 N–H and O–H groups in total. The molecule has 1 fully saturated rings. The van der Waals surface area contributed by atoms with Crippen LogP contribution in [0.25, 0.3) is 10.8 Å². The predicted octanol–water partition coefficient (Wildman–Crippen LogP) is 3.79. The second-order valence-corrected chi connectivity index (χ2v) is 8.26. The smallest absolute Gasteiger partial charge is 0.336 e. The number of aromatic carboxylic acids is 1. The van der Waals surface area contributed by atoms with Gasteiger partial charge in [-0.2, -0.15) is 0 Å². The Bertz CT molecular complexity index is 981. The molecule has 0 aliphatic heterocycles. The molecule has 1 amide bonds. The van der Waals surface area contributed by atoms with Gasteiger partial charge in [-0.25, -0.2) is 4.79 Å². The lowest BCUT2D eigenvalue weighted by Crippen LogP contribution is -2.38. The van der Waals surface area contributed by atoms with Gasteiger partial charge in [-0.05, 0) is 36.8 Å². The van der Waals surface area contributed by atoms with Crippen LogP contribution in [-0.2, 0) is 19.1 Å². The van der Waals surface area contributed by atoms with E-state index in [2.05, 4.69) is 5.32 Å². The number of carboxylic acids is 2. The average molecular weight is 443 g/mol. The molecule has 1 unspecified atom stereocenters. The zero-order chi connectivity index (χ0) is 23.1. The van der Waals surface area contributed by atoms with Gasteiger partial charge in [0.25, 0.3) is 0 Å². The second-order valence-electron chi connectivity index (χ2n) is 8.26. The highest BCUT2D eigenvalue weighted by Gasteiger charge is 2.44. The van der Waals surface area contributed by atoms with E-state index in [-0.39, 0.29) is 24.5 Å². The molecule has 1 atom stereocenters. The number of carboxylic acid groups (broad SMARTS) is 2. The number of carbonyl (C=O) groups excluding carboxylic acids is 1. The summed E-state index contributed by atoms with van der Waals surface area (Å²) in [5.74, 6) is -3.06. The second kappa shape index (κ2) is 10.6. The molecule has 2 aromatic carbocycles. The lowest BCUT2D eigenvalue weighted by Gasteiger charge is -2.30. The van der Waals surface area contributed by atoms with Crippen LogP contribution in [0.2, 0.25) is 0 Å². The number of rotatable bonds is 11. The third-order valence-electron chi connectivity index (χ3n) is 6.18. The molecule has 0 heterocycles. The fourth-order valence-electron chi connectivity index (χ4n) is 4.48. The summed E-state index contributed by atoms with van der Waals surface area (Å²) in [5.41, 5.74) is -0.126. The van der Waals surface area contributed by atoms with Gasteiger partial charge in [-0.3, -0.25) is 9.59 Å². The van der Waals surface area contributed by atoms with Crippen molar-refractivity contribution in [3.63, 3.8) is 0 Å². The minimum absolute atomic E-state index is 0.0178. The number of hydrogen-bond acceptors (Lipinski definition) is 5. The van der Waals surface area contributed by atoms with Crippen molar-refractivity contribution >= 4 is 34.3 Å². The van der Waals surface area contributed by atoms with Crippen LogP contribution in [-0.4, -0.2) is 55.0 Å². The SMILES string of the molecule is COCCOCC(CC1(C(=O)Nc2ccc(C(=O)O)c3ccccc23)CCCC1)C(=O)O. The Kier molecular flexibility index (Phi) is 7.82. The van der Waals surface area contributed by atoms with E-state index in [1.165, 1.54) is 6.07 Å². The Morgan fingerprint density at radius 3 is 2.34 bits per heavy atom. The largest absolute Gasteiger partial charge is 0.481 e. The van der Waals surface area contributed by atoms with Gasteiger partial charge in [-0.15, -0.1) is 0 Å². The molecule has 1 aliphatic rings. The van der Waals surface area contributed by atoms with Crippen LogP contribution in [0.1, 0.15) is 42.5 Å².